The van der Waals surface area contributed by atoms with E-state index in [-0.39, 0.29) is 0 Å². The Morgan fingerprint density at radius 1 is 0.800 bits per heavy atom. The molecule has 0 saturated carbocycles. The van der Waals surface area contributed by atoms with Crippen LogP contribution in [0.5, 0.6) is 0 Å². The summed E-state index contributed by atoms with van der Waals surface area (Å²) in [6.07, 6.45) is 10.7. The van der Waals surface area contributed by atoms with Crippen molar-refractivity contribution in [1.29, 1.82) is 0 Å². The normalized spacial score (nSPS) is 19.0. The van der Waals surface area contributed by atoms with Crippen LogP contribution in [0.15, 0.2) is 78.4 Å². The lowest BCUT2D eigenvalue weighted by Gasteiger charge is -2.20. The lowest BCUT2D eigenvalue weighted by Crippen LogP contribution is -2.02. The van der Waals surface area contributed by atoms with Gasteiger partial charge in [0.05, 0.1) is 0 Å². The maximum atomic E-state index is 2.44. The number of allylic oxidation sites excluding steroid dienone is 3. The van der Waals surface area contributed by atoms with Crippen LogP contribution < -0.4 is 0 Å². The zero-order valence-corrected chi connectivity index (χ0v) is 11.7. The Morgan fingerprint density at radius 3 is 2.25 bits per heavy atom. The van der Waals surface area contributed by atoms with Crippen molar-refractivity contribution >= 4 is 6.08 Å². The van der Waals surface area contributed by atoms with Crippen LogP contribution in [-0.2, 0) is 0 Å². The van der Waals surface area contributed by atoms with Gasteiger partial charge in [0.15, 0.2) is 0 Å². The summed E-state index contributed by atoms with van der Waals surface area (Å²) in [6.45, 7) is 0. The van der Waals surface area contributed by atoms with Gasteiger partial charge in [0.25, 0.3) is 0 Å². The molecule has 1 aliphatic carbocycles. The molecule has 0 heterocycles. The van der Waals surface area contributed by atoms with Gasteiger partial charge >= 0.3 is 0 Å². The van der Waals surface area contributed by atoms with Gasteiger partial charge in [-0.2, -0.15) is 0 Å². The maximum Gasteiger partial charge on any atom is 0.00239 e. The van der Waals surface area contributed by atoms with Crippen LogP contribution in [0.2, 0.25) is 0 Å². The average Bonchev–Trinajstić information content (AvgIpc) is 2.55. The summed E-state index contributed by atoms with van der Waals surface area (Å²) in [7, 11) is 0. The van der Waals surface area contributed by atoms with Crippen molar-refractivity contribution in [2.45, 2.75) is 25.2 Å². The molecule has 0 N–H and O–H groups in total. The third kappa shape index (κ3) is 3.27. The van der Waals surface area contributed by atoms with Crippen LogP contribution in [0.25, 0.3) is 6.08 Å². The zero-order chi connectivity index (χ0) is 13.6. The monoisotopic (exact) mass is 260 g/mol. The van der Waals surface area contributed by atoms with Crippen LogP contribution in [-0.4, -0.2) is 0 Å². The third-order valence-corrected chi connectivity index (χ3v) is 3.91. The second kappa shape index (κ2) is 6.38. The highest BCUT2D eigenvalue weighted by molar-refractivity contribution is 5.53. The fourth-order valence-corrected chi connectivity index (χ4v) is 2.82. The van der Waals surface area contributed by atoms with E-state index in [4.69, 9.17) is 0 Å². The molecule has 2 aromatic rings. The topological polar surface area (TPSA) is 0 Å². The number of benzene rings is 2. The van der Waals surface area contributed by atoms with E-state index in [1.54, 1.807) is 0 Å². The summed E-state index contributed by atoms with van der Waals surface area (Å²) in [6, 6.07) is 21.4. The Morgan fingerprint density at radius 2 is 1.50 bits per heavy atom. The summed E-state index contributed by atoms with van der Waals surface area (Å²) >= 11 is 0. The van der Waals surface area contributed by atoms with E-state index < -0.39 is 0 Å². The molecule has 0 aromatic heterocycles. The second-order valence-electron chi connectivity index (χ2n) is 5.40. The van der Waals surface area contributed by atoms with E-state index in [2.05, 4.69) is 78.9 Å². The van der Waals surface area contributed by atoms with Crippen LogP contribution >= 0.6 is 0 Å². The molecule has 0 saturated heterocycles. The molecule has 1 atom stereocenters. The molecule has 20 heavy (non-hydrogen) atoms. The summed E-state index contributed by atoms with van der Waals surface area (Å²) < 4.78 is 0. The number of hydrogen-bond acceptors (Lipinski definition) is 0. The molecule has 0 bridgehead atoms. The Hall–Kier alpha value is -2.08. The van der Waals surface area contributed by atoms with E-state index in [0.717, 1.165) is 0 Å². The van der Waals surface area contributed by atoms with Crippen molar-refractivity contribution in [3.05, 3.63) is 89.5 Å². The van der Waals surface area contributed by atoms with E-state index in [9.17, 15) is 0 Å². The standard InChI is InChI=1S/C20H20/c1-3-8-17(9-4-1)14-15-18-10-7-13-20(16-18)19-11-5-2-6-12-19/h1-6,8-9,11-12,14-16,20H,7,10,13H2/b15-14-. The van der Waals surface area contributed by atoms with Gasteiger partial charge in [-0.1, -0.05) is 84.5 Å². The summed E-state index contributed by atoms with van der Waals surface area (Å²) in [5.74, 6) is 0.584. The Bertz CT molecular complexity index is 590. The Labute approximate surface area is 121 Å². The molecule has 0 fully saturated rings. The van der Waals surface area contributed by atoms with Crippen LogP contribution in [0.3, 0.4) is 0 Å². The molecule has 0 heteroatoms. The maximum absolute atomic E-state index is 2.44. The van der Waals surface area contributed by atoms with Gasteiger partial charge in [0.2, 0.25) is 0 Å². The van der Waals surface area contributed by atoms with Gasteiger partial charge in [-0.15, -0.1) is 0 Å². The van der Waals surface area contributed by atoms with Crippen molar-refractivity contribution in [1.82, 2.24) is 0 Å². The Kier molecular flexibility index (Phi) is 4.13. The number of rotatable bonds is 3. The predicted octanol–water partition coefficient (Wildman–Crippen LogP) is 5.59. The minimum Gasteiger partial charge on any atom is -0.0738 e. The first-order valence-corrected chi connectivity index (χ1v) is 7.40. The number of hydrogen-bond donors (Lipinski definition) is 0. The van der Waals surface area contributed by atoms with E-state index in [0.29, 0.717) is 5.92 Å². The molecule has 0 aliphatic heterocycles. The van der Waals surface area contributed by atoms with Gasteiger partial charge < -0.3 is 0 Å². The van der Waals surface area contributed by atoms with E-state index >= 15 is 0 Å². The fraction of sp³-hybridized carbons (Fsp3) is 0.200. The first-order valence-electron chi connectivity index (χ1n) is 7.40. The molecular formula is C20H20. The van der Waals surface area contributed by atoms with Crippen LogP contribution in [0.1, 0.15) is 36.3 Å². The highest BCUT2D eigenvalue weighted by atomic mass is 14.2. The zero-order valence-electron chi connectivity index (χ0n) is 11.7. The van der Waals surface area contributed by atoms with E-state index in [1.807, 2.05) is 0 Å². The highest BCUT2D eigenvalue weighted by Crippen LogP contribution is 2.31. The lowest BCUT2D eigenvalue weighted by molar-refractivity contribution is 0.641. The largest absolute Gasteiger partial charge is 0.0738 e. The van der Waals surface area contributed by atoms with E-state index in [1.165, 1.54) is 36.0 Å². The average molecular weight is 260 g/mol. The highest BCUT2D eigenvalue weighted by Gasteiger charge is 2.13. The summed E-state index contributed by atoms with van der Waals surface area (Å²) in [4.78, 5) is 0. The minimum absolute atomic E-state index is 0.584. The summed E-state index contributed by atoms with van der Waals surface area (Å²) in [5, 5.41) is 0. The molecule has 0 nitrogen and oxygen atoms in total. The Balaban J connectivity index is 1.77. The van der Waals surface area contributed by atoms with Crippen molar-refractivity contribution in [2.24, 2.45) is 0 Å². The SMILES string of the molecule is C1=C(/C=C\c2ccccc2)CCCC1c1ccccc1. The van der Waals surface area contributed by atoms with Gasteiger partial charge in [-0.25, -0.2) is 0 Å². The molecule has 2 aromatic carbocycles. The molecule has 0 radical (unpaired) electrons. The van der Waals surface area contributed by atoms with Crippen molar-refractivity contribution < 1.29 is 0 Å². The molecular weight excluding hydrogens is 240 g/mol. The smallest absolute Gasteiger partial charge is 0.00239 e. The summed E-state index contributed by atoms with van der Waals surface area (Å²) in [5.41, 5.74) is 4.18. The fourth-order valence-electron chi connectivity index (χ4n) is 2.82. The molecule has 0 amide bonds. The minimum atomic E-state index is 0.584. The third-order valence-electron chi connectivity index (χ3n) is 3.91. The lowest BCUT2D eigenvalue weighted by atomic mass is 9.85. The van der Waals surface area contributed by atoms with Crippen LogP contribution in [0.4, 0.5) is 0 Å². The van der Waals surface area contributed by atoms with Crippen molar-refractivity contribution in [3.63, 3.8) is 0 Å². The van der Waals surface area contributed by atoms with Gasteiger partial charge in [-0.3, -0.25) is 0 Å². The van der Waals surface area contributed by atoms with Gasteiger partial charge in [-0.05, 0) is 30.4 Å². The van der Waals surface area contributed by atoms with Gasteiger partial charge in [0, 0.05) is 5.92 Å². The van der Waals surface area contributed by atoms with Crippen LogP contribution in [0, 0.1) is 0 Å². The molecule has 0 spiro atoms. The molecule has 3 rings (SSSR count). The van der Waals surface area contributed by atoms with Gasteiger partial charge in [0.1, 0.15) is 0 Å². The molecule has 100 valence electrons. The predicted molar refractivity (Wildman–Crippen MR) is 86.6 cm³/mol. The van der Waals surface area contributed by atoms with Crippen molar-refractivity contribution in [3.8, 4) is 0 Å². The molecule has 1 aliphatic rings. The quantitative estimate of drug-likeness (QED) is 0.674. The first kappa shape index (κ1) is 12.9. The molecule has 1 unspecified atom stereocenters. The van der Waals surface area contributed by atoms with Crippen molar-refractivity contribution in [2.75, 3.05) is 0 Å². The second-order valence-corrected chi connectivity index (χ2v) is 5.40. The first-order chi connectivity index (χ1) is 9.92.